The standard InChI is InChI=1S/C6H12FNO.C2H6/c1-2-8-3-5(7)6(9)4-8;1-2/h5-6,9H,2-4H2,1H3;1-2H3. The van der Waals surface area contributed by atoms with E-state index in [0.717, 1.165) is 6.54 Å². The Hall–Kier alpha value is -0.150. The lowest BCUT2D eigenvalue weighted by Crippen LogP contribution is -2.21. The lowest BCUT2D eigenvalue weighted by molar-refractivity contribution is 0.116. The van der Waals surface area contributed by atoms with Crippen molar-refractivity contribution in [3.63, 3.8) is 0 Å². The molecule has 3 heteroatoms. The van der Waals surface area contributed by atoms with Gasteiger partial charge in [-0.15, -0.1) is 0 Å². The maximum atomic E-state index is 12.5. The van der Waals surface area contributed by atoms with Gasteiger partial charge in [0.05, 0.1) is 6.10 Å². The predicted octanol–water partition coefficient (Wildman–Crippen LogP) is 1.05. The van der Waals surface area contributed by atoms with E-state index in [1.54, 1.807) is 0 Å². The quantitative estimate of drug-likeness (QED) is 0.624. The van der Waals surface area contributed by atoms with Crippen molar-refractivity contribution in [1.82, 2.24) is 4.90 Å². The average Bonchev–Trinajstić information content (AvgIpc) is 2.36. The third kappa shape index (κ3) is 3.16. The van der Waals surface area contributed by atoms with Crippen molar-refractivity contribution in [3.8, 4) is 0 Å². The molecule has 1 aliphatic heterocycles. The molecule has 1 fully saturated rings. The van der Waals surface area contributed by atoms with Gasteiger partial charge in [-0.1, -0.05) is 20.8 Å². The summed E-state index contributed by atoms with van der Waals surface area (Å²) in [4.78, 5) is 1.90. The number of likely N-dealkylation sites (N-methyl/N-ethyl adjacent to an activating group) is 1. The van der Waals surface area contributed by atoms with Gasteiger partial charge in [-0.2, -0.15) is 0 Å². The van der Waals surface area contributed by atoms with Crippen LogP contribution in [0.2, 0.25) is 0 Å². The third-order valence-corrected chi connectivity index (χ3v) is 1.74. The number of aliphatic hydroxyl groups excluding tert-OH is 1. The second-order valence-electron chi connectivity index (χ2n) is 2.44. The van der Waals surface area contributed by atoms with Crippen LogP contribution < -0.4 is 0 Å². The van der Waals surface area contributed by atoms with Crippen molar-refractivity contribution in [2.24, 2.45) is 0 Å². The van der Waals surface area contributed by atoms with Gasteiger partial charge in [-0.25, -0.2) is 4.39 Å². The number of hydrogen-bond acceptors (Lipinski definition) is 2. The molecule has 0 aromatic carbocycles. The van der Waals surface area contributed by atoms with Gasteiger partial charge in [0.2, 0.25) is 0 Å². The summed E-state index contributed by atoms with van der Waals surface area (Å²) in [5, 5.41) is 8.88. The Morgan fingerprint density at radius 2 is 2.00 bits per heavy atom. The zero-order valence-electron chi connectivity index (χ0n) is 7.55. The number of aliphatic hydroxyl groups is 1. The van der Waals surface area contributed by atoms with Gasteiger partial charge in [-0.3, -0.25) is 4.90 Å². The number of likely N-dealkylation sites (tertiary alicyclic amines) is 1. The van der Waals surface area contributed by atoms with Crippen LogP contribution in [-0.2, 0) is 0 Å². The van der Waals surface area contributed by atoms with Gasteiger partial charge in [-0.05, 0) is 6.54 Å². The molecular formula is C8H18FNO. The minimum atomic E-state index is -1.02. The molecule has 1 heterocycles. The Kier molecular flexibility index (Phi) is 5.42. The molecule has 0 aromatic heterocycles. The van der Waals surface area contributed by atoms with Crippen molar-refractivity contribution < 1.29 is 9.50 Å². The molecule has 1 aliphatic rings. The van der Waals surface area contributed by atoms with Crippen molar-refractivity contribution in [2.45, 2.75) is 33.0 Å². The fourth-order valence-electron chi connectivity index (χ4n) is 1.08. The summed E-state index contributed by atoms with van der Waals surface area (Å²) in [5.74, 6) is 0. The molecule has 2 nitrogen and oxygen atoms in total. The number of β-amino-alcohol motifs (C(OH)–C–C–N with tert-alkyl or cyclic N) is 1. The first-order valence-corrected chi connectivity index (χ1v) is 4.28. The lowest BCUT2D eigenvalue weighted by atomic mass is 10.3. The molecular weight excluding hydrogens is 145 g/mol. The van der Waals surface area contributed by atoms with Gasteiger partial charge in [0, 0.05) is 13.1 Å². The van der Waals surface area contributed by atoms with Gasteiger partial charge in [0.15, 0.2) is 0 Å². The number of hydrogen-bond donors (Lipinski definition) is 1. The molecule has 0 aromatic rings. The van der Waals surface area contributed by atoms with E-state index in [9.17, 15) is 4.39 Å². The summed E-state index contributed by atoms with van der Waals surface area (Å²) in [5.41, 5.74) is 0. The molecule has 0 amide bonds. The molecule has 11 heavy (non-hydrogen) atoms. The van der Waals surface area contributed by atoms with E-state index in [4.69, 9.17) is 5.11 Å². The van der Waals surface area contributed by atoms with Crippen LogP contribution in [0.15, 0.2) is 0 Å². The fraction of sp³-hybridized carbons (Fsp3) is 1.00. The first kappa shape index (κ1) is 10.8. The van der Waals surface area contributed by atoms with Gasteiger partial charge in [0.25, 0.3) is 0 Å². The van der Waals surface area contributed by atoms with E-state index in [0.29, 0.717) is 13.1 Å². The van der Waals surface area contributed by atoms with Gasteiger partial charge in [0.1, 0.15) is 6.17 Å². The first-order chi connectivity index (χ1) is 5.24. The van der Waals surface area contributed by atoms with Crippen LogP contribution in [0.3, 0.4) is 0 Å². The summed E-state index contributed by atoms with van der Waals surface area (Å²) >= 11 is 0. The largest absolute Gasteiger partial charge is 0.389 e. The van der Waals surface area contributed by atoms with Crippen molar-refractivity contribution in [1.29, 1.82) is 0 Å². The van der Waals surface area contributed by atoms with Crippen LogP contribution in [0.25, 0.3) is 0 Å². The van der Waals surface area contributed by atoms with Crippen molar-refractivity contribution >= 4 is 0 Å². The highest BCUT2D eigenvalue weighted by Crippen LogP contribution is 2.11. The number of rotatable bonds is 1. The topological polar surface area (TPSA) is 23.5 Å². The molecule has 1 saturated heterocycles. The Bertz CT molecular complexity index is 90.1. The fourth-order valence-corrected chi connectivity index (χ4v) is 1.08. The zero-order valence-corrected chi connectivity index (χ0v) is 7.55. The third-order valence-electron chi connectivity index (χ3n) is 1.74. The van der Waals surface area contributed by atoms with Crippen molar-refractivity contribution in [2.75, 3.05) is 19.6 Å². The Morgan fingerprint density at radius 3 is 2.18 bits per heavy atom. The average molecular weight is 163 g/mol. The van der Waals surface area contributed by atoms with Crippen LogP contribution in [-0.4, -0.2) is 41.9 Å². The number of alkyl halides is 1. The molecule has 0 bridgehead atoms. The van der Waals surface area contributed by atoms with Crippen LogP contribution >= 0.6 is 0 Å². The summed E-state index contributed by atoms with van der Waals surface area (Å²) in [6, 6.07) is 0. The molecule has 2 atom stereocenters. The van der Waals surface area contributed by atoms with Crippen LogP contribution in [0, 0.1) is 0 Å². The second kappa shape index (κ2) is 5.49. The summed E-state index contributed by atoms with van der Waals surface area (Å²) in [7, 11) is 0. The van der Waals surface area contributed by atoms with Gasteiger partial charge >= 0.3 is 0 Å². The van der Waals surface area contributed by atoms with Crippen LogP contribution in [0.1, 0.15) is 20.8 Å². The SMILES string of the molecule is CC.CCN1CC(O)C(F)C1. The minimum absolute atomic E-state index is 0.400. The molecule has 1 N–H and O–H groups in total. The predicted molar refractivity (Wildman–Crippen MR) is 44.4 cm³/mol. The summed E-state index contributed by atoms with van der Waals surface area (Å²) < 4.78 is 12.5. The van der Waals surface area contributed by atoms with Gasteiger partial charge < -0.3 is 5.11 Å². The summed E-state index contributed by atoms with van der Waals surface area (Å²) in [6.07, 6.45) is -1.77. The van der Waals surface area contributed by atoms with E-state index in [1.165, 1.54) is 0 Å². The van der Waals surface area contributed by atoms with E-state index >= 15 is 0 Å². The maximum absolute atomic E-state index is 12.5. The number of nitrogens with zero attached hydrogens (tertiary/aromatic N) is 1. The Labute approximate surface area is 68.0 Å². The maximum Gasteiger partial charge on any atom is 0.140 e. The molecule has 0 spiro atoms. The molecule has 2 unspecified atom stereocenters. The lowest BCUT2D eigenvalue weighted by Gasteiger charge is -2.08. The molecule has 0 radical (unpaired) electrons. The zero-order chi connectivity index (χ0) is 8.85. The van der Waals surface area contributed by atoms with E-state index in [1.807, 2.05) is 25.7 Å². The highest BCUT2D eigenvalue weighted by atomic mass is 19.1. The highest BCUT2D eigenvalue weighted by molar-refractivity contribution is 4.82. The molecule has 0 aliphatic carbocycles. The Balaban J connectivity index is 0.000000461. The van der Waals surface area contributed by atoms with Crippen LogP contribution in [0.4, 0.5) is 4.39 Å². The Morgan fingerprint density at radius 1 is 1.45 bits per heavy atom. The minimum Gasteiger partial charge on any atom is -0.389 e. The van der Waals surface area contributed by atoms with E-state index in [-0.39, 0.29) is 0 Å². The second-order valence-corrected chi connectivity index (χ2v) is 2.44. The van der Waals surface area contributed by atoms with E-state index < -0.39 is 12.3 Å². The molecule has 1 rings (SSSR count). The van der Waals surface area contributed by atoms with Crippen molar-refractivity contribution in [3.05, 3.63) is 0 Å². The van der Waals surface area contributed by atoms with Crippen LogP contribution in [0.5, 0.6) is 0 Å². The smallest absolute Gasteiger partial charge is 0.140 e. The monoisotopic (exact) mass is 163 g/mol. The summed E-state index contributed by atoms with van der Waals surface area (Å²) in [6.45, 7) is 7.69. The normalized spacial score (nSPS) is 31.4. The molecule has 68 valence electrons. The van der Waals surface area contributed by atoms with E-state index in [2.05, 4.69) is 0 Å². The number of halogens is 1. The highest BCUT2D eigenvalue weighted by Gasteiger charge is 2.29. The first-order valence-electron chi connectivity index (χ1n) is 4.28. The molecule has 0 saturated carbocycles.